The molecule has 0 atom stereocenters. The van der Waals surface area contributed by atoms with E-state index >= 15 is 0 Å². The number of hydrogen-bond acceptors (Lipinski definition) is 3. The lowest BCUT2D eigenvalue weighted by Gasteiger charge is -1.98. The first-order valence-corrected chi connectivity index (χ1v) is 4.62. The molecule has 2 heterocycles. The molecule has 2 N–H and O–H groups in total. The van der Waals surface area contributed by atoms with Gasteiger partial charge in [-0.15, -0.1) is 0 Å². The van der Waals surface area contributed by atoms with Crippen LogP contribution in [-0.2, 0) is 6.54 Å². The van der Waals surface area contributed by atoms with Gasteiger partial charge in [0.05, 0.1) is 18.8 Å². The molecule has 0 aliphatic heterocycles. The fraction of sp³-hybridized carbons (Fsp3) is 0.200. The minimum absolute atomic E-state index is 0.0626. The molecule has 2 rings (SSSR count). The summed E-state index contributed by atoms with van der Waals surface area (Å²) in [6.07, 6.45) is 3.35. The van der Waals surface area contributed by atoms with Crippen molar-refractivity contribution in [3.63, 3.8) is 0 Å². The van der Waals surface area contributed by atoms with E-state index < -0.39 is 0 Å². The number of aromatic nitrogens is 3. The quantitative estimate of drug-likeness (QED) is 0.753. The van der Waals surface area contributed by atoms with Crippen LogP contribution in [0.3, 0.4) is 0 Å². The zero-order chi connectivity index (χ0) is 10.7. The second-order valence-corrected chi connectivity index (χ2v) is 3.12. The van der Waals surface area contributed by atoms with Crippen LogP contribution >= 0.6 is 0 Å². The molecule has 2 aromatic rings. The number of pyridine rings is 1. The smallest absolute Gasteiger partial charge is 0.267 e. The topological polar surface area (TPSA) is 70.9 Å². The molecule has 0 aromatic carbocycles. The normalized spacial score (nSPS) is 10.5. The molecule has 0 fully saturated rings. The van der Waals surface area contributed by atoms with E-state index in [1.165, 1.54) is 10.7 Å². The van der Waals surface area contributed by atoms with Gasteiger partial charge in [0, 0.05) is 24.0 Å². The lowest BCUT2D eigenvalue weighted by Crippen LogP contribution is -2.17. The molecule has 0 saturated heterocycles. The summed E-state index contributed by atoms with van der Waals surface area (Å²) in [6, 6.07) is 5.16. The van der Waals surface area contributed by atoms with Crippen molar-refractivity contribution in [1.29, 1.82) is 0 Å². The van der Waals surface area contributed by atoms with Crippen molar-refractivity contribution in [1.82, 2.24) is 14.8 Å². The van der Waals surface area contributed by atoms with Crippen LogP contribution in [0, 0.1) is 0 Å². The molecule has 5 heteroatoms. The number of aromatic amines is 1. The average molecular weight is 205 g/mol. The van der Waals surface area contributed by atoms with Gasteiger partial charge < -0.3 is 5.11 Å². The van der Waals surface area contributed by atoms with Crippen molar-refractivity contribution in [3.8, 4) is 11.3 Å². The van der Waals surface area contributed by atoms with Crippen molar-refractivity contribution in [3.05, 3.63) is 40.9 Å². The standard InChI is InChI=1S/C10H11N3O2/c14-5-4-13-10(15)6-9(12-13)8-2-1-3-11-7-8/h1-3,6-7,12,14H,4-5H2. The maximum absolute atomic E-state index is 11.4. The summed E-state index contributed by atoms with van der Waals surface area (Å²) >= 11 is 0. The van der Waals surface area contributed by atoms with Crippen LogP contribution in [0.2, 0.25) is 0 Å². The van der Waals surface area contributed by atoms with E-state index in [9.17, 15) is 4.79 Å². The van der Waals surface area contributed by atoms with E-state index in [1.54, 1.807) is 18.5 Å². The van der Waals surface area contributed by atoms with Crippen molar-refractivity contribution in [2.24, 2.45) is 0 Å². The largest absolute Gasteiger partial charge is 0.394 e. The zero-order valence-electron chi connectivity index (χ0n) is 8.05. The van der Waals surface area contributed by atoms with E-state index in [0.717, 1.165) is 5.56 Å². The average Bonchev–Trinajstić information content (AvgIpc) is 2.63. The monoisotopic (exact) mass is 205 g/mol. The highest BCUT2D eigenvalue weighted by Crippen LogP contribution is 2.12. The first-order valence-electron chi connectivity index (χ1n) is 4.62. The van der Waals surface area contributed by atoms with E-state index in [1.807, 2.05) is 6.07 Å². The molecule has 0 aliphatic rings. The summed E-state index contributed by atoms with van der Waals surface area (Å²) in [4.78, 5) is 15.4. The second-order valence-electron chi connectivity index (χ2n) is 3.12. The molecule has 0 unspecified atom stereocenters. The summed E-state index contributed by atoms with van der Waals surface area (Å²) in [7, 11) is 0. The van der Waals surface area contributed by atoms with Gasteiger partial charge in [-0.1, -0.05) is 0 Å². The fourth-order valence-corrected chi connectivity index (χ4v) is 1.37. The van der Waals surface area contributed by atoms with Gasteiger partial charge in [-0.3, -0.25) is 19.6 Å². The maximum Gasteiger partial charge on any atom is 0.267 e. The van der Waals surface area contributed by atoms with Crippen LogP contribution in [0.5, 0.6) is 0 Å². The minimum atomic E-state index is -0.150. The first-order chi connectivity index (χ1) is 7.31. The highest BCUT2D eigenvalue weighted by atomic mass is 16.3. The molecule has 0 amide bonds. The summed E-state index contributed by atoms with van der Waals surface area (Å²) in [5.41, 5.74) is 1.41. The van der Waals surface area contributed by atoms with Crippen LogP contribution in [0.15, 0.2) is 35.4 Å². The van der Waals surface area contributed by atoms with Crippen LogP contribution in [-0.4, -0.2) is 26.5 Å². The molecule has 0 radical (unpaired) electrons. The lowest BCUT2D eigenvalue weighted by atomic mass is 10.2. The van der Waals surface area contributed by atoms with Gasteiger partial charge >= 0.3 is 0 Å². The molecule has 0 spiro atoms. The molecule has 2 aromatic heterocycles. The van der Waals surface area contributed by atoms with Gasteiger partial charge in [-0.2, -0.15) is 0 Å². The maximum atomic E-state index is 11.4. The van der Waals surface area contributed by atoms with Crippen LogP contribution in [0.1, 0.15) is 0 Å². The third kappa shape index (κ3) is 1.97. The Morgan fingerprint density at radius 3 is 3.07 bits per heavy atom. The van der Waals surface area contributed by atoms with Crippen molar-refractivity contribution < 1.29 is 5.11 Å². The molecule has 0 bridgehead atoms. The fourth-order valence-electron chi connectivity index (χ4n) is 1.37. The number of nitrogens with one attached hydrogen (secondary N) is 1. The van der Waals surface area contributed by atoms with Gasteiger partial charge in [0.1, 0.15) is 0 Å². The zero-order valence-corrected chi connectivity index (χ0v) is 8.05. The Hall–Kier alpha value is -1.88. The molecular formula is C10H11N3O2. The summed E-state index contributed by atoms with van der Waals surface area (Å²) in [6.45, 7) is 0.214. The Balaban J connectivity index is 2.39. The molecule has 78 valence electrons. The summed E-state index contributed by atoms with van der Waals surface area (Å²) < 4.78 is 1.36. The van der Waals surface area contributed by atoms with Crippen molar-refractivity contribution in [2.75, 3.05) is 6.61 Å². The highest BCUT2D eigenvalue weighted by molar-refractivity contribution is 5.56. The van der Waals surface area contributed by atoms with Crippen molar-refractivity contribution >= 4 is 0 Å². The lowest BCUT2D eigenvalue weighted by molar-refractivity contribution is 0.267. The Morgan fingerprint density at radius 2 is 2.40 bits per heavy atom. The number of hydrogen-bond donors (Lipinski definition) is 2. The molecule has 0 aliphatic carbocycles. The predicted octanol–water partition coefficient (Wildman–Crippen LogP) is 0.231. The molecular weight excluding hydrogens is 194 g/mol. The van der Waals surface area contributed by atoms with Gasteiger partial charge in [0.15, 0.2) is 0 Å². The van der Waals surface area contributed by atoms with Gasteiger partial charge in [-0.25, -0.2) is 0 Å². The summed E-state index contributed by atoms with van der Waals surface area (Å²) in [5.74, 6) is 0. The molecule has 5 nitrogen and oxygen atoms in total. The third-order valence-electron chi connectivity index (χ3n) is 2.09. The van der Waals surface area contributed by atoms with E-state index in [0.29, 0.717) is 5.69 Å². The third-order valence-corrected chi connectivity index (χ3v) is 2.09. The number of nitrogens with zero attached hydrogens (tertiary/aromatic N) is 2. The Kier molecular flexibility index (Phi) is 2.64. The summed E-state index contributed by atoms with van der Waals surface area (Å²) in [5, 5.41) is 11.6. The van der Waals surface area contributed by atoms with Gasteiger partial charge in [0.25, 0.3) is 5.56 Å². The number of aliphatic hydroxyl groups is 1. The Morgan fingerprint density at radius 1 is 1.53 bits per heavy atom. The first kappa shape index (κ1) is 9.67. The SMILES string of the molecule is O=c1cc(-c2cccnc2)[nH]n1CCO. The number of aliphatic hydroxyl groups excluding tert-OH is 1. The Bertz CT molecular complexity index is 487. The highest BCUT2D eigenvalue weighted by Gasteiger charge is 2.03. The number of rotatable bonds is 3. The van der Waals surface area contributed by atoms with E-state index in [-0.39, 0.29) is 18.7 Å². The van der Waals surface area contributed by atoms with E-state index in [2.05, 4.69) is 10.1 Å². The van der Waals surface area contributed by atoms with Crippen LogP contribution < -0.4 is 5.56 Å². The van der Waals surface area contributed by atoms with Crippen molar-refractivity contribution in [2.45, 2.75) is 6.54 Å². The Labute approximate surface area is 86.0 Å². The predicted molar refractivity (Wildman–Crippen MR) is 55.4 cm³/mol. The number of H-pyrrole nitrogens is 1. The molecule has 15 heavy (non-hydrogen) atoms. The van der Waals surface area contributed by atoms with Crippen LogP contribution in [0.25, 0.3) is 11.3 Å². The van der Waals surface area contributed by atoms with Gasteiger partial charge in [0.2, 0.25) is 0 Å². The molecule has 0 saturated carbocycles. The minimum Gasteiger partial charge on any atom is -0.394 e. The van der Waals surface area contributed by atoms with Crippen LogP contribution in [0.4, 0.5) is 0 Å². The van der Waals surface area contributed by atoms with Gasteiger partial charge in [-0.05, 0) is 12.1 Å². The second kappa shape index (κ2) is 4.10. The van der Waals surface area contributed by atoms with E-state index in [4.69, 9.17) is 5.11 Å².